The van der Waals surface area contributed by atoms with E-state index >= 15 is 4.39 Å². The van der Waals surface area contributed by atoms with Crippen molar-refractivity contribution in [3.05, 3.63) is 77.2 Å². The quantitative estimate of drug-likeness (QED) is 0.176. The number of rotatable bonds is 11. The Labute approximate surface area is 251 Å². The number of anilines is 3. The Kier molecular flexibility index (Phi) is 9.62. The summed E-state index contributed by atoms with van der Waals surface area (Å²) in [7, 11) is 1.60. The van der Waals surface area contributed by atoms with E-state index in [2.05, 4.69) is 26.0 Å². The van der Waals surface area contributed by atoms with Crippen LogP contribution in [0.15, 0.2) is 48.7 Å². The number of halogens is 3. The first-order chi connectivity index (χ1) is 20.7. The summed E-state index contributed by atoms with van der Waals surface area (Å²) >= 11 is 0. The Morgan fingerprint density at radius 2 is 1.75 bits per heavy atom. The van der Waals surface area contributed by atoms with Gasteiger partial charge in [-0.25, -0.2) is 22.9 Å². The van der Waals surface area contributed by atoms with Crippen molar-refractivity contribution in [2.45, 2.75) is 51.9 Å². The molecule has 0 bridgehead atoms. The number of benzene rings is 2. The second-order valence-electron chi connectivity index (χ2n) is 11.1. The lowest BCUT2D eigenvalue weighted by Gasteiger charge is -2.29. The third-order valence-corrected chi connectivity index (χ3v) is 6.43. The van der Waals surface area contributed by atoms with Gasteiger partial charge in [0.25, 0.3) is 5.91 Å². The molecule has 0 saturated carbocycles. The predicted octanol–water partition coefficient (Wildman–Crippen LogP) is 5.40. The van der Waals surface area contributed by atoms with Gasteiger partial charge in [0.15, 0.2) is 11.6 Å². The number of hydrogen-bond donors (Lipinski definition) is 4. The normalized spacial score (nSPS) is 12.9. The molecule has 234 valence electrons. The molecule has 2 aromatic carbocycles. The maximum Gasteiger partial charge on any atom is 0.407 e. The lowest BCUT2D eigenvalue weighted by molar-refractivity contribution is 0.0503. The lowest BCUT2D eigenvalue weighted by Crippen LogP contribution is -2.42. The third kappa shape index (κ3) is 7.95. The highest BCUT2D eigenvalue weighted by Crippen LogP contribution is 2.30. The number of nitrogens with two attached hydrogens (primary N) is 1. The van der Waals surface area contributed by atoms with Crippen molar-refractivity contribution in [3.63, 3.8) is 0 Å². The number of primary amides is 1. The maximum atomic E-state index is 15.4. The van der Waals surface area contributed by atoms with Gasteiger partial charge in [0, 0.05) is 24.2 Å². The molecule has 44 heavy (non-hydrogen) atoms. The Morgan fingerprint density at radius 1 is 1.05 bits per heavy atom. The van der Waals surface area contributed by atoms with Crippen molar-refractivity contribution in [2.75, 3.05) is 24.4 Å². The zero-order valence-electron chi connectivity index (χ0n) is 24.9. The smallest absolute Gasteiger partial charge is 0.407 e. The van der Waals surface area contributed by atoms with Crippen LogP contribution in [0, 0.1) is 17.5 Å². The molecule has 2 aromatic heterocycles. The van der Waals surface area contributed by atoms with E-state index in [1.165, 1.54) is 0 Å². The molecule has 14 heteroatoms. The number of hydrogen-bond acceptors (Lipinski definition) is 8. The van der Waals surface area contributed by atoms with Crippen LogP contribution in [-0.2, 0) is 16.0 Å². The molecule has 11 nitrogen and oxygen atoms in total. The molecule has 0 unspecified atom stereocenters. The lowest BCUT2D eigenvalue weighted by atomic mass is 10.00. The number of nitrogens with zero attached hydrogens (tertiary/aromatic N) is 3. The fraction of sp³-hybridized carbons (Fsp3) is 0.333. The van der Waals surface area contributed by atoms with Crippen molar-refractivity contribution < 1.29 is 32.2 Å². The van der Waals surface area contributed by atoms with Crippen LogP contribution < -0.4 is 21.7 Å². The van der Waals surface area contributed by atoms with Gasteiger partial charge in [0.2, 0.25) is 0 Å². The average Bonchev–Trinajstić information content (AvgIpc) is 3.32. The topological polar surface area (TPSA) is 145 Å². The van der Waals surface area contributed by atoms with E-state index < -0.39 is 47.1 Å². The molecule has 0 aliphatic carbocycles. The van der Waals surface area contributed by atoms with Crippen molar-refractivity contribution in [1.29, 1.82) is 0 Å². The fourth-order valence-corrected chi connectivity index (χ4v) is 4.51. The number of fused-ring (bicyclic) bond motifs is 1. The number of aromatic nitrogens is 3. The molecule has 2 amide bonds. The molecular weight excluding hydrogens is 579 g/mol. The summed E-state index contributed by atoms with van der Waals surface area (Å²) in [5.74, 6) is -4.12. The average molecular weight is 614 g/mol. The van der Waals surface area contributed by atoms with Gasteiger partial charge in [-0.3, -0.25) is 9.48 Å². The largest absolute Gasteiger partial charge is 0.444 e. The molecule has 4 aromatic rings. The van der Waals surface area contributed by atoms with Gasteiger partial charge < -0.3 is 31.2 Å². The minimum atomic E-state index is -1.10. The van der Waals surface area contributed by atoms with E-state index in [0.29, 0.717) is 24.9 Å². The van der Waals surface area contributed by atoms with Crippen LogP contribution in [0.3, 0.4) is 0 Å². The Balaban J connectivity index is 1.69. The molecule has 0 radical (unpaired) electrons. The number of pyridine rings is 1. The van der Waals surface area contributed by atoms with E-state index in [9.17, 15) is 18.4 Å². The maximum absolute atomic E-state index is 15.4. The van der Waals surface area contributed by atoms with Gasteiger partial charge in [-0.05, 0) is 69.7 Å². The number of amides is 2. The third-order valence-electron chi connectivity index (χ3n) is 6.43. The number of carbonyl (C=O) groups excluding carboxylic acids is 2. The zero-order valence-corrected chi connectivity index (χ0v) is 24.9. The molecule has 0 saturated heterocycles. The van der Waals surface area contributed by atoms with Crippen molar-refractivity contribution in [3.8, 4) is 0 Å². The fourth-order valence-electron chi connectivity index (χ4n) is 4.51. The minimum Gasteiger partial charge on any atom is -0.444 e. The molecule has 5 N–H and O–H groups in total. The van der Waals surface area contributed by atoms with Crippen LogP contribution in [-0.4, -0.2) is 52.1 Å². The highest BCUT2D eigenvalue weighted by molar-refractivity contribution is 5.99. The van der Waals surface area contributed by atoms with Gasteiger partial charge in [0.1, 0.15) is 23.1 Å². The van der Waals surface area contributed by atoms with Gasteiger partial charge in [-0.2, -0.15) is 5.10 Å². The summed E-state index contributed by atoms with van der Waals surface area (Å²) in [5.41, 5.74) is 5.87. The molecule has 2 heterocycles. The molecule has 0 spiro atoms. The minimum absolute atomic E-state index is 0.0525. The van der Waals surface area contributed by atoms with Crippen LogP contribution >= 0.6 is 0 Å². The Morgan fingerprint density at radius 3 is 2.39 bits per heavy atom. The van der Waals surface area contributed by atoms with Gasteiger partial charge in [0.05, 0.1) is 42.5 Å². The second kappa shape index (κ2) is 13.2. The van der Waals surface area contributed by atoms with Crippen LogP contribution in [0.25, 0.3) is 10.9 Å². The summed E-state index contributed by atoms with van der Waals surface area (Å²) in [6, 6.07) is 6.99. The second-order valence-corrected chi connectivity index (χ2v) is 11.1. The molecule has 0 aliphatic heterocycles. The predicted molar refractivity (Wildman–Crippen MR) is 159 cm³/mol. The van der Waals surface area contributed by atoms with Crippen LogP contribution in [0.2, 0.25) is 0 Å². The summed E-state index contributed by atoms with van der Waals surface area (Å²) in [5, 5.41) is 13.6. The van der Waals surface area contributed by atoms with Crippen molar-refractivity contribution in [1.82, 2.24) is 20.1 Å². The van der Waals surface area contributed by atoms with E-state index in [1.54, 1.807) is 57.8 Å². The van der Waals surface area contributed by atoms with Crippen LogP contribution in [0.5, 0.6) is 0 Å². The standard InChI is InChI=1S/C30H34F3N7O4/c1-16(36-29(42)44-30(2,3)4)25(17-10-19(31)13-20(32)11-17)38-28-23(33)14-22(26(34)41)27(39-28)37-21-6-7-24-18(12-21)15-35-40(24)8-9-43-5/h6-7,10-16,25H,8-9H2,1-5H3,(H2,34,41)(H,36,42)(H2,37,38,39)/t16-,25-/m0/s1. The molecule has 2 atom stereocenters. The SMILES string of the molecule is COCCn1ncc2cc(Nc3nc(N[C@H](c4cc(F)cc(F)c4)[C@H](C)NC(=O)OC(C)(C)C)c(F)cc3C(N)=O)ccc21. The number of nitrogens with one attached hydrogen (secondary N) is 3. The highest BCUT2D eigenvalue weighted by atomic mass is 19.1. The summed E-state index contributed by atoms with van der Waals surface area (Å²) < 4.78 is 56.0. The molecular formula is C30H34F3N7O4. The highest BCUT2D eigenvalue weighted by Gasteiger charge is 2.27. The number of methoxy groups -OCH3 is 1. The van der Waals surface area contributed by atoms with Gasteiger partial charge >= 0.3 is 6.09 Å². The number of ether oxygens (including phenoxy) is 2. The van der Waals surface area contributed by atoms with Crippen LogP contribution in [0.4, 0.5) is 35.3 Å². The summed E-state index contributed by atoms with van der Waals surface area (Å²) in [4.78, 5) is 29.0. The summed E-state index contributed by atoms with van der Waals surface area (Å²) in [6.07, 6.45) is 0.868. The van der Waals surface area contributed by atoms with E-state index in [0.717, 1.165) is 29.1 Å². The van der Waals surface area contributed by atoms with Crippen molar-refractivity contribution in [2.24, 2.45) is 5.73 Å². The Bertz CT molecular complexity index is 1650. The summed E-state index contributed by atoms with van der Waals surface area (Å²) in [6.45, 7) is 7.59. The monoisotopic (exact) mass is 613 g/mol. The van der Waals surface area contributed by atoms with E-state index in [-0.39, 0.29) is 22.8 Å². The first kappa shape index (κ1) is 32.1. The first-order valence-electron chi connectivity index (χ1n) is 13.7. The molecule has 4 rings (SSSR count). The number of carbonyl (C=O) groups is 2. The molecule has 0 aliphatic rings. The number of alkyl carbamates (subject to hydrolysis) is 1. The molecule has 0 fully saturated rings. The van der Waals surface area contributed by atoms with Crippen LogP contribution in [0.1, 0.15) is 49.7 Å². The van der Waals surface area contributed by atoms with Gasteiger partial charge in [-0.15, -0.1) is 0 Å². The zero-order chi connectivity index (χ0) is 32.2. The van der Waals surface area contributed by atoms with E-state index in [4.69, 9.17) is 15.2 Å². The van der Waals surface area contributed by atoms with Crippen molar-refractivity contribution >= 4 is 40.2 Å². The van der Waals surface area contributed by atoms with E-state index in [1.807, 2.05) is 6.07 Å². The Hall–Kier alpha value is -4.85. The first-order valence-corrected chi connectivity index (χ1v) is 13.7. The van der Waals surface area contributed by atoms with Gasteiger partial charge in [-0.1, -0.05) is 0 Å².